The van der Waals surface area contributed by atoms with E-state index in [1.807, 2.05) is 6.08 Å². The molecule has 0 aliphatic carbocycles. The molecule has 1 heterocycles. The molecule has 0 saturated heterocycles. The van der Waals surface area contributed by atoms with Crippen LogP contribution in [0.5, 0.6) is 5.75 Å². The van der Waals surface area contributed by atoms with E-state index >= 15 is 0 Å². The highest BCUT2D eigenvalue weighted by Crippen LogP contribution is 2.14. The summed E-state index contributed by atoms with van der Waals surface area (Å²) in [5.41, 5.74) is 6.36. The third kappa shape index (κ3) is 5.64. The summed E-state index contributed by atoms with van der Waals surface area (Å²) in [6, 6.07) is 10.2. The third-order valence-corrected chi connectivity index (χ3v) is 3.35. The Morgan fingerprint density at radius 3 is 2.61 bits per heavy atom. The first kappa shape index (κ1) is 16.8. The van der Waals surface area contributed by atoms with Gasteiger partial charge in [-0.05, 0) is 55.3 Å². The van der Waals surface area contributed by atoms with Gasteiger partial charge in [-0.3, -0.25) is 4.79 Å². The van der Waals surface area contributed by atoms with E-state index in [9.17, 15) is 9.90 Å². The molecule has 5 nitrogen and oxygen atoms in total. The molecular weight excluding hydrogens is 292 g/mol. The Kier molecular flexibility index (Phi) is 6.44. The summed E-state index contributed by atoms with van der Waals surface area (Å²) in [6.07, 6.45) is 6.53. The first-order valence-corrected chi connectivity index (χ1v) is 7.74. The zero-order valence-electron chi connectivity index (χ0n) is 13.0. The minimum atomic E-state index is -0.206. The van der Waals surface area contributed by atoms with Gasteiger partial charge < -0.3 is 20.6 Å². The maximum Gasteiger partial charge on any atom is 0.287 e. The number of hydrogen-bond donors (Lipinski definition) is 3. The maximum absolute atomic E-state index is 11.9. The molecule has 0 saturated carbocycles. The van der Waals surface area contributed by atoms with Gasteiger partial charge in [0, 0.05) is 6.54 Å². The molecule has 2 rings (SSSR count). The highest BCUT2D eigenvalue weighted by molar-refractivity contribution is 5.91. The van der Waals surface area contributed by atoms with Crippen LogP contribution in [-0.2, 0) is 0 Å². The molecule has 2 aromatic rings. The van der Waals surface area contributed by atoms with Gasteiger partial charge >= 0.3 is 0 Å². The fourth-order valence-electron chi connectivity index (χ4n) is 2.06. The summed E-state index contributed by atoms with van der Waals surface area (Å²) < 4.78 is 5.50. The molecule has 0 atom stereocenters. The van der Waals surface area contributed by atoms with Crippen molar-refractivity contribution in [1.29, 1.82) is 0 Å². The average molecular weight is 314 g/mol. The summed E-state index contributed by atoms with van der Waals surface area (Å²) in [5.74, 6) is 0.924. The number of carbonyl (C=O) groups is 1. The van der Waals surface area contributed by atoms with Crippen LogP contribution in [0.25, 0.3) is 12.2 Å². The lowest BCUT2D eigenvalue weighted by Gasteiger charge is -2.02. The Morgan fingerprint density at radius 2 is 1.87 bits per heavy atom. The van der Waals surface area contributed by atoms with E-state index in [2.05, 4.69) is 5.32 Å². The van der Waals surface area contributed by atoms with Crippen molar-refractivity contribution in [2.45, 2.75) is 19.3 Å². The Bertz CT molecular complexity index is 645. The largest absolute Gasteiger partial charge is 0.508 e. The maximum atomic E-state index is 11.9. The molecule has 0 bridgehead atoms. The first-order chi connectivity index (χ1) is 11.2. The molecule has 0 radical (unpaired) electrons. The van der Waals surface area contributed by atoms with E-state index in [1.165, 1.54) is 0 Å². The molecule has 0 fully saturated rings. The molecule has 1 aromatic heterocycles. The number of aromatic hydroxyl groups is 1. The zero-order chi connectivity index (χ0) is 16.5. The Hall–Kier alpha value is -2.53. The number of nitrogens with one attached hydrogen (secondary N) is 1. The number of unbranched alkanes of at least 4 members (excludes halogenated alkanes) is 2. The first-order valence-electron chi connectivity index (χ1n) is 7.74. The molecule has 122 valence electrons. The van der Waals surface area contributed by atoms with Gasteiger partial charge in [0.15, 0.2) is 5.76 Å². The van der Waals surface area contributed by atoms with E-state index in [0.717, 1.165) is 24.8 Å². The van der Waals surface area contributed by atoms with Gasteiger partial charge in [-0.2, -0.15) is 0 Å². The Labute approximate surface area is 135 Å². The lowest BCUT2D eigenvalue weighted by atomic mass is 10.2. The van der Waals surface area contributed by atoms with Crippen molar-refractivity contribution in [2.24, 2.45) is 5.73 Å². The zero-order valence-corrected chi connectivity index (χ0v) is 13.0. The molecule has 5 heteroatoms. The summed E-state index contributed by atoms with van der Waals surface area (Å²) >= 11 is 0. The minimum Gasteiger partial charge on any atom is -0.508 e. The lowest BCUT2D eigenvalue weighted by Crippen LogP contribution is -2.24. The van der Waals surface area contributed by atoms with Gasteiger partial charge in [-0.15, -0.1) is 0 Å². The summed E-state index contributed by atoms with van der Waals surface area (Å²) in [7, 11) is 0. The van der Waals surface area contributed by atoms with Gasteiger partial charge in [0.05, 0.1) is 0 Å². The predicted molar refractivity (Wildman–Crippen MR) is 91.0 cm³/mol. The van der Waals surface area contributed by atoms with E-state index in [1.54, 1.807) is 42.5 Å². The van der Waals surface area contributed by atoms with Gasteiger partial charge in [0.25, 0.3) is 5.91 Å². The van der Waals surface area contributed by atoms with Crippen LogP contribution in [0.4, 0.5) is 0 Å². The Balaban J connectivity index is 1.84. The second-order valence-corrected chi connectivity index (χ2v) is 5.23. The SMILES string of the molecule is NCCCCCNC(=O)c1ccc(/C=C/c2ccc(O)cc2)o1. The van der Waals surface area contributed by atoms with Crippen molar-refractivity contribution in [3.63, 3.8) is 0 Å². The molecule has 1 amide bonds. The molecule has 23 heavy (non-hydrogen) atoms. The third-order valence-electron chi connectivity index (χ3n) is 3.35. The molecule has 0 aliphatic heterocycles. The monoisotopic (exact) mass is 314 g/mol. The molecular formula is C18H22N2O3. The van der Waals surface area contributed by atoms with Gasteiger partial charge in [0.2, 0.25) is 0 Å². The van der Waals surface area contributed by atoms with Crippen molar-refractivity contribution in [2.75, 3.05) is 13.1 Å². The lowest BCUT2D eigenvalue weighted by molar-refractivity contribution is 0.0925. The van der Waals surface area contributed by atoms with Crippen LogP contribution in [0.15, 0.2) is 40.8 Å². The van der Waals surface area contributed by atoms with Crippen LogP contribution in [0.3, 0.4) is 0 Å². The number of benzene rings is 1. The number of phenols is 1. The number of phenolic OH excluding ortho intramolecular Hbond substituents is 1. The highest BCUT2D eigenvalue weighted by Gasteiger charge is 2.09. The fraction of sp³-hybridized carbons (Fsp3) is 0.278. The van der Waals surface area contributed by atoms with Crippen LogP contribution in [0, 0.1) is 0 Å². The second kappa shape index (κ2) is 8.80. The van der Waals surface area contributed by atoms with Crippen molar-refractivity contribution in [3.05, 3.63) is 53.5 Å². The molecule has 0 spiro atoms. The van der Waals surface area contributed by atoms with Crippen molar-refractivity contribution >= 4 is 18.1 Å². The number of rotatable bonds is 8. The van der Waals surface area contributed by atoms with E-state index in [4.69, 9.17) is 10.2 Å². The molecule has 4 N–H and O–H groups in total. The van der Waals surface area contributed by atoms with Crippen LogP contribution < -0.4 is 11.1 Å². The van der Waals surface area contributed by atoms with Crippen molar-refractivity contribution in [1.82, 2.24) is 5.32 Å². The fourth-order valence-corrected chi connectivity index (χ4v) is 2.06. The smallest absolute Gasteiger partial charge is 0.287 e. The number of carbonyl (C=O) groups excluding carboxylic acids is 1. The van der Waals surface area contributed by atoms with E-state index in [-0.39, 0.29) is 11.7 Å². The van der Waals surface area contributed by atoms with Gasteiger partial charge in [-0.1, -0.05) is 24.6 Å². The molecule has 0 aliphatic rings. The van der Waals surface area contributed by atoms with Crippen molar-refractivity contribution < 1.29 is 14.3 Å². The quantitative estimate of drug-likeness (QED) is 0.653. The standard InChI is InChI=1S/C18H22N2O3/c19-12-2-1-3-13-20-18(22)17-11-10-16(23-17)9-6-14-4-7-15(21)8-5-14/h4-11,21H,1-3,12-13,19H2,(H,20,22)/b9-6+. The number of hydrogen-bond acceptors (Lipinski definition) is 4. The summed E-state index contributed by atoms with van der Waals surface area (Å²) in [6.45, 7) is 1.31. The van der Waals surface area contributed by atoms with Gasteiger partial charge in [0.1, 0.15) is 11.5 Å². The van der Waals surface area contributed by atoms with E-state index in [0.29, 0.717) is 24.6 Å². The number of amides is 1. The molecule has 0 unspecified atom stereocenters. The topological polar surface area (TPSA) is 88.5 Å². The normalized spacial score (nSPS) is 11.0. The van der Waals surface area contributed by atoms with Crippen LogP contribution in [-0.4, -0.2) is 24.1 Å². The second-order valence-electron chi connectivity index (χ2n) is 5.23. The van der Waals surface area contributed by atoms with Gasteiger partial charge in [-0.25, -0.2) is 0 Å². The average Bonchev–Trinajstić information content (AvgIpc) is 3.03. The summed E-state index contributed by atoms with van der Waals surface area (Å²) in [5, 5.41) is 12.1. The Morgan fingerprint density at radius 1 is 1.09 bits per heavy atom. The number of nitrogens with two attached hydrogens (primary N) is 1. The number of furan rings is 1. The highest BCUT2D eigenvalue weighted by atomic mass is 16.3. The van der Waals surface area contributed by atoms with Crippen LogP contribution >= 0.6 is 0 Å². The molecule has 1 aromatic carbocycles. The van der Waals surface area contributed by atoms with E-state index < -0.39 is 0 Å². The van der Waals surface area contributed by atoms with Crippen LogP contribution in [0.1, 0.15) is 41.1 Å². The van der Waals surface area contributed by atoms with Crippen LogP contribution in [0.2, 0.25) is 0 Å². The summed E-state index contributed by atoms with van der Waals surface area (Å²) in [4.78, 5) is 11.9. The predicted octanol–water partition coefficient (Wildman–Crippen LogP) is 3.01. The van der Waals surface area contributed by atoms with Crippen molar-refractivity contribution in [3.8, 4) is 5.75 Å². The minimum absolute atomic E-state index is 0.206.